The number of halogens is 1. The van der Waals surface area contributed by atoms with E-state index in [0.717, 1.165) is 31.5 Å². The summed E-state index contributed by atoms with van der Waals surface area (Å²) in [5, 5.41) is 3.42. The number of benzene rings is 2. The average molecular weight is 285 g/mol. The maximum atomic E-state index is 13.3. The molecule has 0 aliphatic rings. The molecule has 0 radical (unpaired) electrons. The first-order chi connectivity index (χ1) is 10.2. The Kier molecular flexibility index (Phi) is 5.94. The molecule has 1 atom stereocenters. The van der Waals surface area contributed by atoms with E-state index >= 15 is 0 Å². The third kappa shape index (κ3) is 5.31. The van der Waals surface area contributed by atoms with Crippen molar-refractivity contribution >= 4 is 0 Å². The van der Waals surface area contributed by atoms with Crippen LogP contribution in [0.2, 0.25) is 0 Å². The lowest BCUT2D eigenvalue weighted by atomic mass is 9.92. The molecule has 0 spiro atoms. The van der Waals surface area contributed by atoms with Crippen LogP contribution in [0.4, 0.5) is 4.39 Å². The van der Waals surface area contributed by atoms with Crippen molar-refractivity contribution in [2.45, 2.75) is 26.7 Å². The van der Waals surface area contributed by atoms with Gasteiger partial charge in [0, 0.05) is 0 Å². The molecule has 0 fully saturated rings. The summed E-state index contributed by atoms with van der Waals surface area (Å²) in [6.45, 7) is 6.15. The minimum atomic E-state index is -0.148. The molecule has 21 heavy (non-hydrogen) atoms. The van der Waals surface area contributed by atoms with Gasteiger partial charge >= 0.3 is 0 Å². The van der Waals surface area contributed by atoms with E-state index in [2.05, 4.69) is 43.4 Å². The molecule has 2 rings (SSSR count). The van der Waals surface area contributed by atoms with E-state index < -0.39 is 0 Å². The van der Waals surface area contributed by atoms with E-state index in [4.69, 9.17) is 0 Å². The highest BCUT2D eigenvalue weighted by Crippen LogP contribution is 2.16. The zero-order valence-electron chi connectivity index (χ0n) is 12.9. The van der Waals surface area contributed by atoms with E-state index in [1.54, 1.807) is 12.1 Å². The molecule has 0 aliphatic heterocycles. The molecular weight excluding hydrogens is 261 g/mol. The van der Waals surface area contributed by atoms with Crippen LogP contribution in [0.3, 0.4) is 0 Å². The van der Waals surface area contributed by atoms with Gasteiger partial charge in [-0.25, -0.2) is 4.39 Å². The lowest BCUT2D eigenvalue weighted by molar-refractivity contribution is 0.477. The normalized spacial score (nSPS) is 12.3. The van der Waals surface area contributed by atoms with Crippen LogP contribution in [0.25, 0.3) is 0 Å². The van der Waals surface area contributed by atoms with Crippen molar-refractivity contribution in [3.63, 3.8) is 0 Å². The van der Waals surface area contributed by atoms with Crippen LogP contribution in [0.5, 0.6) is 0 Å². The maximum Gasteiger partial charge on any atom is 0.123 e. The molecule has 0 heterocycles. The van der Waals surface area contributed by atoms with E-state index in [1.807, 2.05) is 6.07 Å². The van der Waals surface area contributed by atoms with E-state index in [-0.39, 0.29) is 5.82 Å². The summed E-state index contributed by atoms with van der Waals surface area (Å²) in [4.78, 5) is 0. The van der Waals surface area contributed by atoms with Gasteiger partial charge in [0.2, 0.25) is 0 Å². The van der Waals surface area contributed by atoms with Gasteiger partial charge in [-0.2, -0.15) is 0 Å². The molecule has 112 valence electrons. The standard InChI is InChI=1S/C19H24FN/c1-3-21-14-18(11-16-9-7-15(2)8-10-16)12-17-5-4-6-19(20)13-17/h4-10,13,18,21H,3,11-12,14H2,1-2H3. The number of nitrogens with one attached hydrogen (secondary N) is 1. The Morgan fingerprint density at radius 2 is 1.71 bits per heavy atom. The Morgan fingerprint density at radius 1 is 1.00 bits per heavy atom. The molecule has 0 aromatic heterocycles. The topological polar surface area (TPSA) is 12.0 Å². The van der Waals surface area contributed by atoms with Crippen molar-refractivity contribution in [3.8, 4) is 0 Å². The maximum absolute atomic E-state index is 13.3. The highest BCUT2D eigenvalue weighted by molar-refractivity contribution is 5.23. The zero-order chi connectivity index (χ0) is 15.1. The Hall–Kier alpha value is -1.67. The summed E-state index contributed by atoms with van der Waals surface area (Å²) in [5.41, 5.74) is 3.71. The molecule has 2 aromatic carbocycles. The van der Waals surface area contributed by atoms with Crippen LogP contribution in [-0.4, -0.2) is 13.1 Å². The zero-order valence-corrected chi connectivity index (χ0v) is 12.9. The number of rotatable bonds is 7. The summed E-state index contributed by atoms with van der Waals surface area (Å²) in [6.07, 6.45) is 1.92. The SMILES string of the molecule is CCNCC(Cc1ccc(C)cc1)Cc1cccc(F)c1. The quantitative estimate of drug-likeness (QED) is 0.806. The van der Waals surface area contributed by atoms with Gasteiger partial charge in [0.25, 0.3) is 0 Å². The predicted octanol–water partition coefficient (Wildman–Crippen LogP) is 4.15. The largest absolute Gasteiger partial charge is 0.317 e. The lowest BCUT2D eigenvalue weighted by Gasteiger charge is -2.18. The third-order valence-electron chi connectivity index (χ3n) is 3.74. The molecule has 1 unspecified atom stereocenters. The van der Waals surface area contributed by atoms with Gasteiger partial charge in [-0.15, -0.1) is 0 Å². The summed E-state index contributed by atoms with van der Waals surface area (Å²) >= 11 is 0. The Labute approximate surface area is 127 Å². The minimum absolute atomic E-state index is 0.148. The number of aryl methyl sites for hydroxylation is 1. The van der Waals surface area contributed by atoms with E-state index in [9.17, 15) is 4.39 Å². The second-order valence-electron chi connectivity index (χ2n) is 5.70. The van der Waals surface area contributed by atoms with Crippen LogP contribution >= 0.6 is 0 Å². The Bertz CT molecular complexity index is 548. The monoisotopic (exact) mass is 285 g/mol. The second kappa shape index (κ2) is 7.94. The summed E-state index contributed by atoms with van der Waals surface area (Å²) < 4.78 is 13.3. The van der Waals surface area contributed by atoms with E-state index in [1.165, 1.54) is 17.2 Å². The van der Waals surface area contributed by atoms with Crippen LogP contribution in [0.1, 0.15) is 23.6 Å². The summed E-state index contributed by atoms with van der Waals surface area (Å²) in [7, 11) is 0. The molecule has 2 aromatic rings. The molecule has 1 N–H and O–H groups in total. The molecule has 0 saturated heterocycles. The first-order valence-corrected chi connectivity index (χ1v) is 7.68. The van der Waals surface area contributed by atoms with Crippen LogP contribution < -0.4 is 5.32 Å². The fourth-order valence-corrected chi connectivity index (χ4v) is 2.62. The van der Waals surface area contributed by atoms with Gasteiger partial charge in [0.1, 0.15) is 5.82 Å². The fraction of sp³-hybridized carbons (Fsp3) is 0.368. The predicted molar refractivity (Wildman–Crippen MR) is 87.0 cm³/mol. The van der Waals surface area contributed by atoms with Crippen molar-refractivity contribution in [1.29, 1.82) is 0 Å². The molecule has 0 bridgehead atoms. The van der Waals surface area contributed by atoms with Crippen LogP contribution in [-0.2, 0) is 12.8 Å². The van der Waals surface area contributed by atoms with E-state index in [0.29, 0.717) is 5.92 Å². The average Bonchev–Trinajstić information content (AvgIpc) is 2.47. The van der Waals surface area contributed by atoms with Crippen molar-refractivity contribution in [2.75, 3.05) is 13.1 Å². The van der Waals surface area contributed by atoms with Crippen molar-refractivity contribution in [2.24, 2.45) is 5.92 Å². The highest BCUT2D eigenvalue weighted by atomic mass is 19.1. The van der Waals surface area contributed by atoms with Crippen LogP contribution in [0.15, 0.2) is 48.5 Å². The second-order valence-corrected chi connectivity index (χ2v) is 5.70. The van der Waals surface area contributed by atoms with Crippen molar-refractivity contribution < 1.29 is 4.39 Å². The van der Waals surface area contributed by atoms with Gasteiger partial charge in [0.05, 0.1) is 0 Å². The lowest BCUT2D eigenvalue weighted by Crippen LogP contribution is -2.25. The summed E-state index contributed by atoms with van der Waals surface area (Å²) in [5.74, 6) is 0.333. The highest BCUT2D eigenvalue weighted by Gasteiger charge is 2.11. The van der Waals surface area contributed by atoms with Crippen molar-refractivity contribution in [1.82, 2.24) is 5.32 Å². The molecule has 2 heteroatoms. The third-order valence-corrected chi connectivity index (χ3v) is 3.74. The molecule has 0 saturated carbocycles. The molecular formula is C19H24FN. The molecule has 0 aliphatic carbocycles. The fourth-order valence-electron chi connectivity index (χ4n) is 2.62. The molecule has 0 amide bonds. The first-order valence-electron chi connectivity index (χ1n) is 7.68. The smallest absolute Gasteiger partial charge is 0.123 e. The number of hydrogen-bond donors (Lipinski definition) is 1. The summed E-state index contributed by atoms with van der Waals surface area (Å²) in [6, 6.07) is 15.7. The van der Waals surface area contributed by atoms with Crippen molar-refractivity contribution in [3.05, 3.63) is 71.0 Å². The van der Waals surface area contributed by atoms with Crippen LogP contribution in [0, 0.1) is 18.7 Å². The first kappa shape index (κ1) is 15.7. The molecule has 1 nitrogen and oxygen atoms in total. The minimum Gasteiger partial charge on any atom is -0.317 e. The van der Waals surface area contributed by atoms with Gasteiger partial charge in [-0.1, -0.05) is 48.9 Å². The number of hydrogen-bond acceptors (Lipinski definition) is 1. The Morgan fingerprint density at radius 3 is 2.38 bits per heavy atom. The van der Waals surface area contributed by atoms with Gasteiger partial charge in [-0.05, 0) is 62.0 Å². The Balaban J connectivity index is 2.04. The van der Waals surface area contributed by atoms with Gasteiger partial charge in [0.15, 0.2) is 0 Å². The van der Waals surface area contributed by atoms with Gasteiger partial charge in [-0.3, -0.25) is 0 Å². The van der Waals surface area contributed by atoms with Gasteiger partial charge < -0.3 is 5.32 Å².